The number of benzene rings is 4. The Kier molecular flexibility index (Phi) is 8.56. The Hall–Kier alpha value is -3.50. The molecule has 0 atom stereocenters. The average Bonchev–Trinajstić information content (AvgIpc) is 2.89. The second-order valence-electron chi connectivity index (χ2n) is 17.0. The van der Waals surface area contributed by atoms with Crippen LogP contribution >= 0.6 is 0 Å². The lowest BCUT2D eigenvalue weighted by atomic mass is 9.71. The molecule has 0 aromatic heterocycles. The molecule has 4 heteroatoms. The zero-order valence-corrected chi connectivity index (χ0v) is 31.9. The summed E-state index contributed by atoms with van der Waals surface area (Å²) in [4.78, 5) is 4.04. The molecule has 244 valence electrons. The van der Waals surface area contributed by atoms with E-state index in [9.17, 15) is 0 Å². The molecule has 0 radical (unpaired) electrons. The van der Waals surface area contributed by atoms with Crippen LogP contribution in [-0.4, -0.2) is 8.24 Å². The maximum atomic E-state index is 7.27. The SMILES string of the molecule is Cc1cc(C)cc(NCc2cc(C(C)(C)C)cc3c2Oc2c(cc(C(C)(C)C)cc2[Si](C)(C)Nc2cc(C)cc(C)c2)C3(C)C)c1. The van der Waals surface area contributed by atoms with E-state index >= 15 is 0 Å². The third-order valence-corrected chi connectivity index (χ3v) is 12.2. The maximum absolute atomic E-state index is 7.27. The summed E-state index contributed by atoms with van der Waals surface area (Å²) in [6.45, 7) is 32.9. The van der Waals surface area contributed by atoms with Crippen LogP contribution < -0.4 is 20.2 Å². The van der Waals surface area contributed by atoms with Crippen molar-refractivity contribution in [3.8, 4) is 11.5 Å². The van der Waals surface area contributed by atoms with E-state index in [1.165, 1.54) is 60.9 Å². The normalized spacial score (nSPS) is 14.3. The molecular formula is C42H56N2OSi. The smallest absolute Gasteiger partial charge is 0.183 e. The van der Waals surface area contributed by atoms with Crippen LogP contribution in [0.4, 0.5) is 11.4 Å². The molecule has 0 fully saturated rings. The molecule has 0 unspecified atom stereocenters. The van der Waals surface area contributed by atoms with Gasteiger partial charge >= 0.3 is 0 Å². The summed E-state index contributed by atoms with van der Waals surface area (Å²) in [5.41, 5.74) is 13.6. The summed E-state index contributed by atoms with van der Waals surface area (Å²) in [5, 5.41) is 5.08. The van der Waals surface area contributed by atoms with Gasteiger partial charge in [-0.25, -0.2) is 0 Å². The Balaban J connectivity index is 1.70. The fourth-order valence-electron chi connectivity index (χ4n) is 6.93. The third-order valence-electron chi connectivity index (χ3n) is 9.59. The van der Waals surface area contributed by atoms with Gasteiger partial charge in [-0.3, -0.25) is 0 Å². The van der Waals surface area contributed by atoms with Gasteiger partial charge in [0.25, 0.3) is 0 Å². The van der Waals surface area contributed by atoms with Gasteiger partial charge < -0.3 is 15.0 Å². The number of hydrogen-bond donors (Lipinski definition) is 2. The summed E-state index contributed by atoms with van der Waals surface area (Å²) >= 11 is 0. The quantitative estimate of drug-likeness (QED) is 0.208. The summed E-state index contributed by atoms with van der Waals surface area (Å²) in [6.07, 6.45) is 0. The molecular weight excluding hydrogens is 577 g/mol. The number of ether oxygens (including phenoxy) is 1. The minimum absolute atomic E-state index is 0.00117. The Morgan fingerprint density at radius 1 is 0.609 bits per heavy atom. The number of anilines is 2. The van der Waals surface area contributed by atoms with Crippen molar-refractivity contribution in [2.24, 2.45) is 0 Å². The first kappa shape index (κ1) is 33.8. The molecule has 4 aromatic carbocycles. The zero-order valence-electron chi connectivity index (χ0n) is 30.9. The first-order valence-electron chi connectivity index (χ1n) is 16.9. The molecule has 1 aliphatic rings. The van der Waals surface area contributed by atoms with Gasteiger partial charge in [-0.15, -0.1) is 0 Å². The fraction of sp³-hybridized carbons (Fsp3) is 0.429. The van der Waals surface area contributed by atoms with E-state index in [0.717, 1.165) is 17.2 Å². The summed E-state index contributed by atoms with van der Waals surface area (Å²) in [5.74, 6) is 2.04. The summed E-state index contributed by atoms with van der Waals surface area (Å²) < 4.78 is 7.27. The Morgan fingerprint density at radius 2 is 1.07 bits per heavy atom. The van der Waals surface area contributed by atoms with E-state index in [1.807, 2.05) is 0 Å². The number of rotatable bonds is 6. The van der Waals surface area contributed by atoms with Crippen molar-refractivity contribution in [3.63, 3.8) is 0 Å². The molecule has 5 rings (SSSR count). The summed E-state index contributed by atoms with van der Waals surface area (Å²) in [6, 6.07) is 23.1. The van der Waals surface area contributed by atoms with Crippen LogP contribution in [0.15, 0.2) is 60.7 Å². The highest BCUT2D eigenvalue weighted by atomic mass is 28.3. The first-order valence-corrected chi connectivity index (χ1v) is 19.9. The van der Waals surface area contributed by atoms with Gasteiger partial charge in [-0.05, 0) is 115 Å². The molecule has 0 amide bonds. The zero-order chi connectivity index (χ0) is 34.0. The number of hydrogen-bond acceptors (Lipinski definition) is 3. The van der Waals surface area contributed by atoms with E-state index in [0.29, 0.717) is 6.54 Å². The van der Waals surface area contributed by atoms with E-state index in [1.54, 1.807) is 0 Å². The molecule has 0 saturated heterocycles. The third kappa shape index (κ3) is 6.78. The minimum Gasteiger partial charge on any atom is -0.456 e. The molecule has 4 aromatic rings. The molecule has 0 aliphatic carbocycles. The topological polar surface area (TPSA) is 33.3 Å². The van der Waals surface area contributed by atoms with Gasteiger partial charge in [-0.2, -0.15) is 0 Å². The van der Waals surface area contributed by atoms with Crippen LogP contribution in [0.5, 0.6) is 11.5 Å². The molecule has 0 saturated carbocycles. The Labute approximate surface area is 280 Å². The fourth-order valence-corrected chi connectivity index (χ4v) is 9.20. The molecule has 3 nitrogen and oxygen atoms in total. The lowest BCUT2D eigenvalue weighted by molar-refractivity contribution is 0.413. The van der Waals surface area contributed by atoms with Crippen LogP contribution in [0.25, 0.3) is 0 Å². The molecule has 0 spiro atoms. The highest BCUT2D eigenvalue weighted by molar-refractivity contribution is 6.93. The highest BCUT2D eigenvalue weighted by Gasteiger charge is 2.42. The van der Waals surface area contributed by atoms with Crippen molar-refractivity contribution in [3.05, 3.63) is 111 Å². The van der Waals surface area contributed by atoms with Gasteiger partial charge in [0, 0.05) is 45.2 Å². The molecule has 0 bridgehead atoms. The lowest BCUT2D eigenvalue weighted by Crippen LogP contribution is -2.51. The largest absolute Gasteiger partial charge is 0.456 e. The van der Waals surface area contributed by atoms with Crippen molar-refractivity contribution in [1.29, 1.82) is 0 Å². The second-order valence-corrected chi connectivity index (χ2v) is 21.0. The molecule has 1 heterocycles. The number of aryl methyl sites for hydroxylation is 4. The van der Waals surface area contributed by atoms with Crippen molar-refractivity contribution >= 4 is 24.8 Å². The van der Waals surface area contributed by atoms with Gasteiger partial charge in [0.05, 0.1) is 0 Å². The lowest BCUT2D eigenvalue weighted by Gasteiger charge is -2.41. The monoisotopic (exact) mass is 632 g/mol. The van der Waals surface area contributed by atoms with Crippen LogP contribution in [0.3, 0.4) is 0 Å². The predicted molar refractivity (Wildman–Crippen MR) is 202 cm³/mol. The Bertz CT molecular complexity index is 1760. The molecule has 2 N–H and O–H groups in total. The highest BCUT2D eigenvalue weighted by Crippen LogP contribution is 2.51. The summed E-state index contributed by atoms with van der Waals surface area (Å²) in [7, 11) is -2.27. The number of fused-ring (bicyclic) bond motifs is 2. The van der Waals surface area contributed by atoms with Crippen molar-refractivity contribution in [2.75, 3.05) is 10.3 Å². The predicted octanol–water partition coefficient (Wildman–Crippen LogP) is 11.1. The standard InChI is InChI=1S/C42H56N2OSi/c1-26-15-27(2)18-33(17-26)43-25-30-21-31(40(5,6)7)22-35-38(30)45-39-36(42(35,11)12)23-32(41(8,9)10)24-37(39)46(13,14)44-34-19-28(3)16-29(4)20-34/h15-24,43-44H,25H2,1-14H3. The van der Waals surface area contributed by atoms with Gasteiger partial charge in [0.15, 0.2) is 8.24 Å². The first-order chi connectivity index (χ1) is 21.1. The van der Waals surface area contributed by atoms with Crippen LogP contribution in [0, 0.1) is 27.7 Å². The Morgan fingerprint density at radius 3 is 1.57 bits per heavy atom. The van der Waals surface area contributed by atoms with E-state index < -0.39 is 8.24 Å². The van der Waals surface area contributed by atoms with Gasteiger partial charge in [-0.1, -0.05) is 85.7 Å². The van der Waals surface area contributed by atoms with E-state index in [-0.39, 0.29) is 16.2 Å². The van der Waals surface area contributed by atoms with Crippen molar-refractivity contribution in [2.45, 2.75) is 119 Å². The van der Waals surface area contributed by atoms with Gasteiger partial charge in [0.2, 0.25) is 0 Å². The van der Waals surface area contributed by atoms with Crippen LogP contribution in [-0.2, 0) is 22.8 Å². The van der Waals surface area contributed by atoms with Crippen molar-refractivity contribution in [1.82, 2.24) is 0 Å². The second kappa shape index (κ2) is 11.6. The van der Waals surface area contributed by atoms with Crippen molar-refractivity contribution < 1.29 is 4.74 Å². The average molecular weight is 633 g/mol. The van der Waals surface area contributed by atoms with E-state index in [2.05, 4.69) is 167 Å². The number of nitrogens with one attached hydrogen (secondary N) is 2. The maximum Gasteiger partial charge on any atom is 0.183 e. The van der Waals surface area contributed by atoms with Gasteiger partial charge in [0.1, 0.15) is 11.5 Å². The minimum atomic E-state index is -2.27. The van der Waals surface area contributed by atoms with Crippen LogP contribution in [0.2, 0.25) is 13.1 Å². The van der Waals surface area contributed by atoms with Crippen LogP contribution in [0.1, 0.15) is 105 Å². The van der Waals surface area contributed by atoms with E-state index in [4.69, 9.17) is 4.74 Å². The molecule has 46 heavy (non-hydrogen) atoms. The molecule has 1 aliphatic heterocycles.